The van der Waals surface area contributed by atoms with Gasteiger partial charge in [0.05, 0.1) is 12.1 Å². The van der Waals surface area contributed by atoms with Crippen LogP contribution in [0, 0.1) is 5.92 Å². The molecule has 1 N–H and O–H groups in total. The van der Waals surface area contributed by atoms with Crippen LogP contribution in [0.25, 0.3) is 11.1 Å². The van der Waals surface area contributed by atoms with Gasteiger partial charge in [-0.2, -0.15) is 5.10 Å². The minimum absolute atomic E-state index is 0.307. The third kappa shape index (κ3) is 5.11. The van der Waals surface area contributed by atoms with Gasteiger partial charge in [0.1, 0.15) is 5.82 Å². The predicted molar refractivity (Wildman–Crippen MR) is 126 cm³/mol. The van der Waals surface area contributed by atoms with Gasteiger partial charge in [-0.05, 0) is 34.2 Å². The van der Waals surface area contributed by atoms with Crippen molar-refractivity contribution in [1.29, 1.82) is 0 Å². The second-order valence-electron chi connectivity index (χ2n) is 8.41. The number of rotatable bonds is 8. The van der Waals surface area contributed by atoms with Gasteiger partial charge in [0.2, 0.25) is 0 Å². The molecule has 1 aromatic heterocycles. The molecule has 0 aliphatic rings. The van der Waals surface area contributed by atoms with Crippen LogP contribution in [0.15, 0.2) is 78.9 Å². The summed E-state index contributed by atoms with van der Waals surface area (Å²) in [6.45, 7) is 5.00. The number of aromatic nitrogens is 3. The predicted octanol–water partition coefficient (Wildman–Crippen LogP) is 5.48. The largest absolute Gasteiger partial charge is 0.478 e. The summed E-state index contributed by atoms with van der Waals surface area (Å²) in [6.07, 6.45) is 1.58. The second kappa shape index (κ2) is 9.60. The van der Waals surface area contributed by atoms with Crippen LogP contribution in [0.2, 0.25) is 0 Å². The topological polar surface area (TPSA) is 68.0 Å². The summed E-state index contributed by atoms with van der Waals surface area (Å²) < 4.78 is 2.00. The summed E-state index contributed by atoms with van der Waals surface area (Å²) in [6, 6.07) is 25.4. The zero-order valence-electron chi connectivity index (χ0n) is 18.4. The van der Waals surface area contributed by atoms with Crippen molar-refractivity contribution in [3.63, 3.8) is 0 Å². The molecule has 0 aliphatic heterocycles. The van der Waals surface area contributed by atoms with Crippen LogP contribution in [0.3, 0.4) is 0 Å². The van der Waals surface area contributed by atoms with Crippen molar-refractivity contribution < 1.29 is 9.90 Å². The molecule has 0 fully saturated rings. The molecule has 162 valence electrons. The van der Waals surface area contributed by atoms with E-state index in [0.29, 0.717) is 24.4 Å². The van der Waals surface area contributed by atoms with Crippen LogP contribution in [0.4, 0.5) is 0 Å². The smallest absolute Gasteiger partial charge is 0.336 e. The average Bonchev–Trinajstić information content (AvgIpc) is 3.14. The van der Waals surface area contributed by atoms with Crippen molar-refractivity contribution in [3.05, 3.63) is 107 Å². The Kier molecular flexibility index (Phi) is 6.45. The van der Waals surface area contributed by atoms with E-state index >= 15 is 0 Å². The Labute approximate surface area is 188 Å². The van der Waals surface area contributed by atoms with E-state index in [1.807, 2.05) is 59.3 Å². The van der Waals surface area contributed by atoms with Crippen LogP contribution in [0.5, 0.6) is 0 Å². The summed E-state index contributed by atoms with van der Waals surface area (Å²) in [5, 5.41) is 14.3. The molecule has 0 atom stereocenters. The Bertz CT molecular complexity index is 1200. The van der Waals surface area contributed by atoms with Gasteiger partial charge >= 0.3 is 5.97 Å². The van der Waals surface area contributed by atoms with E-state index < -0.39 is 5.97 Å². The average molecular weight is 426 g/mol. The number of hydrogen-bond acceptors (Lipinski definition) is 3. The molecule has 1 heterocycles. The lowest BCUT2D eigenvalue weighted by Gasteiger charge is -2.10. The van der Waals surface area contributed by atoms with Crippen LogP contribution < -0.4 is 0 Å². The molecular formula is C27H27N3O2. The SMILES string of the molecule is CC(C)Cc1nc(Cc2ccccc2)nn1Cc1ccc(-c2ccccc2C(=O)O)cc1. The molecule has 4 rings (SSSR count). The van der Waals surface area contributed by atoms with E-state index in [0.717, 1.165) is 34.8 Å². The first kappa shape index (κ1) is 21.5. The number of hydrogen-bond donors (Lipinski definition) is 1. The zero-order valence-corrected chi connectivity index (χ0v) is 18.4. The number of nitrogens with zero attached hydrogens (tertiary/aromatic N) is 3. The first-order chi connectivity index (χ1) is 15.5. The van der Waals surface area contributed by atoms with Crippen molar-refractivity contribution in [2.24, 2.45) is 5.92 Å². The molecule has 0 radical (unpaired) electrons. The number of carbonyl (C=O) groups is 1. The highest BCUT2D eigenvalue weighted by molar-refractivity contribution is 5.95. The lowest BCUT2D eigenvalue weighted by molar-refractivity contribution is 0.0697. The van der Waals surface area contributed by atoms with E-state index in [-0.39, 0.29) is 0 Å². The highest BCUT2D eigenvalue weighted by atomic mass is 16.4. The number of aromatic carboxylic acids is 1. The van der Waals surface area contributed by atoms with Gasteiger partial charge in [-0.15, -0.1) is 0 Å². The Morgan fingerprint density at radius 2 is 1.59 bits per heavy atom. The van der Waals surface area contributed by atoms with E-state index in [9.17, 15) is 9.90 Å². The maximum Gasteiger partial charge on any atom is 0.336 e. The fourth-order valence-electron chi connectivity index (χ4n) is 3.81. The van der Waals surface area contributed by atoms with Crippen LogP contribution in [-0.4, -0.2) is 25.8 Å². The summed E-state index contributed by atoms with van der Waals surface area (Å²) >= 11 is 0. The number of benzene rings is 3. The van der Waals surface area contributed by atoms with E-state index in [2.05, 4.69) is 26.0 Å². The summed E-state index contributed by atoms with van der Waals surface area (Å²) in [5.41, 5.74) is 4.21. The van der Waals surface area contributed by atoms with Crippen LogP contribution in [-0.2, 0) is 19.4 Å². The van der Waals surface area contributed by atoms with Crippen molar-refractivity contribution >= 4 is 5.97 Å². The third-order valence-electron chi connectivity index (χ3n) is 5.34. The van der Waals surface area contributed by atoms with Crippen LogP contribution in [0.1, 0.15) is 47.0 Å². The van der Waals surface area contributed by atoms with Gasteiger partial charge in [0.25, 0.3) is 0 Å². The van der Waals surface area contributed by atoms with Crippen molar-refractivity contribution in [3.8, 4) is 11.1 Å². The minimum atomic E-state index is -0.920. The molecule has 5 nitrogen and oxygen atoms in total. The third-order valence-corrected chi connectivity index (χ3v) is 5.34. The van der Waals surface area contributed by atoms with Crippen molar-refractivity contribution in [1.82, 2.24) is 14.8 Å². The van der Waals surface area contributed by atoms with E-state index in [1.54, 1.807) is 12.1 Å². The summed E-state index contributed by atoms with van der Waals surface area (Å²) in [4.78, 5) is 16.4. The number of carboxylic acid groups (broad SMARTS) is 1. The maximum atomic E-state index is 11.5. The lowest BCUT2D eigenvalue weighted by Crippen LogP contribution is -2.09. The summed E-state index contributed by atoms with van der Waals surface area (Å²) in [7, 11) is 0. The second-order valence-corrected chi connectivity index (χ2v) is 8.41. The molecule has 0 spiro atoms. The highest BCUT2D eigenvalue weighted by Gasteiger charge is 2.14. The Balaban J connectivity index is 1.57. The molecule has 0 saturated heterocycles. The first-order valence-electron chi connectivity index (χ1n) is 10.9. The first-order valence-corrected chi connectivity index (χ1v) is 10.9. The molecule has 0 amide bonds. The molecule has 0 unspecified atom stereocenters. The molecule has 32 heavy (non-hydrogen) atoms. The molecule has 0 saturated carbocycles. The molecule has 0 bridgehead atoms. The van der Waals surface area contributed by atoms with Gasteiger partial charge in [0, 0.05) is 12.8 Å². The Hall–Kier alpha value is -3.73. The molecule has 0 aliphatic carbocycles. The van der Waals surface area contributed by atoms with Crippen molar-refractivity contribution in [2.75, 3.05) is 0 Å². The van der Waals surface area contributed by atoms with Gasteiger partial charge in [-0.25, -0.2) is 14.5 Å². The van der Waals surface area contributed by atoms with Gasteiger partial charge in [-0.3, -0.25) is 0 Å². The monoisotopic (exact) mass is 425 g/mol. The zero-order chi connectivity index (χ0) is 22.5. The molecular weight excluding hydrogens is 398 g/mol. The van der Waals surface area contributed by atoms with Gasteiger partial charge in [0.15, 0.2) is 5.82 Å². The fourth-order valence-corrected chi connectivity index (χ4v) is 3.81. The Morgan fingerprint density at radius 3 is 2.28 bits per heavy atom. The molecule has 4 aromatic rings. The lowest BCUT2D eigenvalue weighted by atomic mass is 9.99. The van der Waals surface area contributed by atoms with Crippen molar-refractivity contribution in [2.45, 2.75) is 33.2 Å². The van der Waals surface area contributed by atoms with Crippen LogP contribution >= 0.6 is 0 Å². The molecule has 3 aromatic carbocycles. The van der Waals surface area contributed by atoms with E-state index in [1.165, 1.54) is 5.56 Å². The summed E-state index contributed by atoms with van der Waals surface area (Å²) in [5.74, 6) is 1.39. The quantitative estimate of drug-likeness (QED) is 0.406. The molecule has 5 heteroatoms. The number of carboxylic acids is 1. The van der Waals surface area contributed by atoms with E-state index in [4.69, 9.17) is 10.1 Å². The van der Waals surface area contributed by atoms with Gasteiger partial charge in [-0.1, -0.05) is 86.6 Å². The van der Waals surface area contributed by atoms with Gasteiger partial charge < -0.3 is 5.11 Å². The fraction of sp³-hybridized carbons (Fsp3) is 0.222. The normalized spacial score (nSPS) is 11.1. The maximum absolute atomic E-state index is 11.5. The highest BCUT2D eigenvalue weighted by Crippen LogP contribution is 2.24. The minimum Gasteiger partial charge on any atom is -0.478 e. The Morgan fingerprint density at radius 1 is 0.906 bits per heavy atom. The standard InChI is InChI=1S/C27H27N3O2/c1-19(2)16-26-28-25(17-20-8-4-3-5-9-20)29-30(26)18-21-12-14-22(15-13-21)23-10-6-7-11-24(23)27(31)32/h3-15,19H,16-18H2,1-2H3,(H,31,32).